The molecular formula is C6H13O8P. The number of hydrogen-bond donors (Lipinski definition) is 5. The van der Waals surface area contributed by atoms with Gasteiger partial charge in [-0.25, -0.2) is 4.57 Å². The van der Waals surface area contributed by atoms with Crippen LogP contribution in [0.2, 0.25) is 0 Å². The van der Waals surface area contributed by atoms with Crippen molar-refractivity contribution in [2.24, 2.45) is 0 Å². The highest BCUT2D eigenvalue weighted by molar-refractivity contribution is 7.46. The Morgan fingerprint density at radius 1 is 1.13 bits per heavy atom. The summed E-state index contributed by atoms with van der Waals surface area (Å²) in [7, 11) is -4.82. The Hall–Kier alpha value is -0.0500. The van der Waals surface area contributed by atoms with Gasteiger partial charge in [0.2, 0.25) is 0 Å². The van der Waals surface area contributed by atoms with Gasteiger partial charge in [0.15, 0.2) is 6.29 Å². The fourth-order valence-electron chi connectivity index (χ4n) is 1.24. The van der Waals surface area contributed by atoms with Gasteiger partial charge in [0.05, 0.1) is 6.10 Å². The lowest BCUT2D eigenvalue weighted by Gasteiger charge is -2.38. The van der Waals surface area contributed by atoms with Crippen LogP contribution in [0, 0.1) is 0 Å². The Balaban J connectivity index is 2.71. The smallest absolute Gasteiger partial charge is 0.388 e. The number of aliphatic hydroxyl groups is 3. The van der Waals surface area contributed by atoms with E-state index in [1.54, 1.807) is 0 Å². The lowest BCUT2D eigenvalue weighted by molar-refractivity contribution is -0.271. The summed E-state index contributed by atoms with van der Waals surface area (Å²) >= 11 is 0. The van der Waals surface area contributed by atoms with E-state index >= 15 is 0 Å². The van der Waals surface area contributed by atoms with Gasteiger partial charge in [-0.1, -0.05) is 0 Å². The van der Waals surface area contributed by atoms with E-state index in [0.717, 1.165) is 0 Å². The molecule has 5 atom stereocenters. The molecule has 0 aromatic heterocycles. The van der Waals surface area contributed by atoms with Gasteiger partial charge in [-0.05, 0) is 6.92 Å². The van der Waals surface area contributed by atoms with Crippen LogP contribution < -0.4 is 0 Å². The minimum atomic E-state index is -4.82. The third-order valence-corrected chi connectivity index (χ3v) is 2.53. The molecule has 15 heavy (non-hydrogen) atoms. The van der Waals surface area contributed by atoms with E-state index in [-0.39, 0.29) is 0 Å². The minimum absolute atomic E-state index is 0.903. The third-order valence-electron chi connectivity index (χ3n) is 2.05. The van der Waals surface area contributed by atoms with Crippen molar-refractivity contribution in [1.29, 1.82) is 0 Å². The highest BCUT2D eigenvalue weighted by Gasteiger charge is 2.44. The Bertz CT molecular complexity index is 264. The van der Waals surface area contributed by atoms with Crippen LogP contribution in [0.3, 0.4) is 0 Å². The number of hydrogen-bond acceptors (Lipinski definition) is 6. The zero-order valence-corrected chi connectivity index (χ0v) is 8.69. The molecule has 0 aliphatic carbocycles. The van der Waals surface area contributed by atoms with Gasteiger partial charge in [0, 0.05) is 0 Å². The van der Waals surface area contributed by atoms with Crippen LogP contribution in [0.4, 0.5) is 0 Å². The Kier molecular flexibility index (Phi) is 3.85. The van der Waals surface area contributed by atoms with Crippen LogP contribution in [0.5, 0.6) is 0 Å². The second-order valence-corrected chi connectivity index (χ2v) is 4.47. The molecule has 9 heteroatoms. The standard InChI is InChI=1S/C6H13O8P/c1-2-3(7)4(8)5(9)6(13-2)14-15(10,11)12/h2-9H,1H3,(H2,10,11,12)/t2-,3+,4+,5-,6-/m0/s1. The first-order valence-electron chi connectivity index (χ1n) is 4.16. The average molecular weight is 244 g/mol. The quantitative estimate of drug-likeness (QED) is 0.349. The average Bonchev–Trinajstić information content (AvgIpc) is 2.08. The fourth-order valence-corrected chi connectivity index (χ4v) is 1.68. The highest BCUT2D eigenvalue weighted by Crippen LogP contribution is 2.40. The monoisotopic (exact) mass is 244 g/mol. The van der Waals surface area contributed by atoms with Crippen LogP contribution in [0.25, 0.3) is 0 Å². The topological polar surface area (TPSA) is 137 Å². The predicted molar refractivity (Wildman–Crippen MR) is 45.5 cm³/mol. The third kappa shape index (κ3) is 3.20. The maximum atomic E-state index is 10.5. The fraction of sp³-hybridized carbons (Fsp3) is 1.00. The maximum Gasteiger partial charge on any atom is 0.472 e. The number of ether oxygens (including phenoxy) is 1. The SMILES string of the molecule is C[C@@H]1O[C@@H](OP(=O)(O)O)[C@@H](O)[C@H](O)[C@@H]1O. The summed E-state index contributed by atoms with van der Waals surface area (Å²) in [4.78, 5) is 17.0. The zero-order chi connectivity index (χ0) is 11.8. The van der Waals surface area contributed by atoms with Gasteiger partial charge in [-0.2, -0.15) is 0 Å². The van der Waals surface area contributed by atoms with Gasteiger partial charge >= 0.3 is 7.82 Å². The molecule has 1 aliphatic heterocycles. The molecule has 1 aliphatic rings. The summed E-state index contributed by atoms with van der Waals surface area (Å²) in [5.41, 5.74) is 0. The van der Waals surface area contributed by atoms with Crippen LogP contribution in [0.15, 0.2) is 0 Å². The van der Waals surface area contributed by atoms with Crippen molar-refractivity contribution in [3.05, 3.63) is 0 Å². The molecule has 1 saturated heterocycles. The number of phosphoric ester groups is 1. The molecule has 0 bridgehead atoms. The molecule has 0 aromatic carbocycles. The highest BCUT2D eigenvalue weighted by atomic mass is 31.2. The van der Waals surface area contributed by atoms with Crippen LogP contribution in [0.1, 0.15) is 6.92 Å². The molecule has 1 heterocycles. The van der Waals surface area contributed by atoms with Crippen molar-refractivity contribution in [3.8, 4) is 0 Å². The Labute approximate surface area is 85.3 Å². The normalized spacial score (nSPS) is 42.9. The van der Waals surface area contributed by atoms with E-state index in [0.29, 0.717) is 0 Å². The number of rotatable bonds is 2. The van der Waals surface area contributed by atoms with Crippen LogP contribution in [-0.2, 0) is 13.8 Å². The summed E-state index contributed by atoms with van der Waals surface area (Å²) < 4.78 is 19.4. The van der Waals surface area contributed by atoms with Crippen molar-refractivity contribution in [1.82, 2.24) is 0 Å². The summed E-state index contributed by atoms with van der Waals surface area (Å²) in [5.74, 6) is 0. The van der Waals surface area contributed by atoms with Gasteiger partial charge in [0.1, 0.15) is 18.3 Å². The minimum Gasteiger partial charge on any atom is -0.388 e. The van der Waals surface area contributed by atoms with Gasteiger partial charge in [-0.3, -0.25) is 4.52 Å². The molecule has 0 unspecified atom stereocenters. The predicted octanol–water partition coefficient (Wildman–Crippen LogP) is -2.08. The van der Waals surface area contributed by atoms with Crippen molar-refractivity contribution in [2.45, 2.75) is 37.6 Å². The second kappa shape index (κ2) is 4.44. The second-order valence-electron chi connectivity index (χ2n) is 3.28. The van der Waals surface area contributed by atoms with Gasteiger partial charge in [0.25, 0.3) is 0 Å². The van der Waals surface area contributed by atoms with E-state index in [2.05, 4.69) is 4.52 Å². The molecule has 1 fully saturated rings. The van der Waals surface area contributed by atoms with Gasteiger partial charge < -0.3 is 29.8 Å². The van der Waals surface area contributed by atoms with Gasteiger partial charge in [-0.15, -0.1) is 0 Å². The van der Waals surface area contributed by atoms with Crippen LogP contribution in [-0.4, -0.2) is 55.8 Å². The summed E-state index contributed by atoms with van der Waals surface area (Å²) in [5, 5.41) is 27.8. The molecule has 0 saturated carbocycles. The lowest BCUT2D eigenvalue weighted by Crippen LogP contribution is -2.57. The molecule has 0 aromatic rings. The van der Waals surface area contributed by atoms with Crippen molar-refractivity contribution < 1.29 is 38.9 Å². The van der Waals surface area contributed by atoms with Crippen LogP contribution >= 0.6 is 7.82 Å². The number of aliphatic hydroxyl groups excluding tert-OH is 3. The first-order chi connectivity index (χ1) is 6.72. The Morgan fingerprint density at radius 3 is 2.13 bits per heavy atom. The first-order valence-corrected chi connectivity index (χ1v) is 5.69. The molecule has 8 nitrogen and oxygen atoms in total. The van der Waals surface area contributed by atoms with E-state index in [1.807, 2.05) is 0 Å². The van der Waals surface area contributed by atoms with E-state index < -0.39 is 38.5 Å². The summed E-state index contributed by atoms with van der Waals surface area (Å²) in [6.45, 7) is 1.37. The molecular weight excluding hydrogens is 231 g/mol. The largest absolute Gasteiger partial charge is 0.472 e. The van der Waals surface area contributed by atoms with Crippen molar-refractivity contribution in [3.63, 3.8) is 0 Å². The lowest BCUT2D eigenvalue weighted by atomic mass is 10.0. The molecule has 0 amide bonds. The zero-order valence-electron chi connectivity index (χ0n) is 7.79. The van der Waals surface area contributed by atoms with E-state index in [9.17, 15) is 19.9 Å². The molecule has 0 spiro atoms. The van der Waals surface area contributed by atoms with E-state index in [1.165, 1.54) is 6.92 Å². The number of phosphoric acid groups is 1. The summed E-state index contributed by atoms with van der Waals surface area (Å²) in [6, 6.07) is 0. The molecule has 0 radical (unpaired) electrons. The van der Waals surface area contributed by atoms with Crippen molar-refractivity contribution >= 4 is 7.82 Å². The Morgan fingerprint density at radius 2 is 1.67 bits per heavy atom. The molecule has 1 rings (SSSR count). The van der Waals surface area contributed by atoms with E-state index in [4.69, 9.17) is 14.5 Å². The molecule has 5 N–H and O–H groups in total. The maximum absolute atomic E-state index is 10.5. The molecule has 90 valence electrons. The first kappa shape index (κ1) is 13.0. The summed E-state index contributed by atoms with van der Waals surface area (Å²) in [6.07, 6.45) is -7.20. The van der Waals surface area contributed by atoms with Crippen molar-refractivity contribution in [2.75, 3.05) is 0 Å².